The Bertz CT molecular complexity index is 446. The number of aromatic amines is 1. The van der Waals surface area contributed by atoms with Crippen LogP contribution in [-0.2, 0) is 11.3 Å². The van der Waals surface area contributed by atoms with E-state index in [9.17, 15) is 4.79 Å². The van der Waals surface area contributed by atoms with Gasteiger partial charge >= 0.3 is 0 Å². The van der Waals surface area contributed by atoms with Gasteiger partial charge in [0.15, 0.2) is 0 Å². The number of nitrogens with one attached hydrogen (secondary N) is 1. The molecule has 4 nitrogen and oxygen atoms in total. The minimum atomic E-state index is -0.127. The van der Waals surface area contributed by atoms with Gasteiger partial charge < -0.3 is 9.72 Å². The highest BCUT2D eigenvalue weighted by Gasteiger charge is 2.20. The zero-order valence-electron chi connectivity index (χ0n) is 9.36. The van der Waals surface area contributed by atoms with Gasteiger partial charge in [0.05, 0.1) is 17.6 Å². The second kappa shape index (κ2) is 6.26. The molecule has 0 aromatic carbocycles. The standard InChI is InChI=1S/C10H13BrN2O2S2/c1-15-4-6-8(11)10(14)13-9(12-6)7-5-16-2-3-17-7/h7H,2-5H2,1H3,(H,12,13,14). The molecule has 1 unspecified atom stereocenters. The number of ether oxygens (including phenoxy) is 1. The first kappa shape index (κ1) is 13.5. The van der Waals surface area contributed by atoms with Crippen LogP contribution in [-0.4, -0.2) is 34.3 Å². The minimum absolute atomic E-state index is 0.127. The SMILES string of the molecule is COCc1nc(C2CSCCS2)[nH]c(=O)c1Br. The van der Waals surface area contributed by atoms with Gasteiger partial charge in [-0.1, -0.05) is 0 Å². The molecule has 1 fully saturated rings. The molecule has 1 aromatic heterocycles. The van der Waals surface area contributed by atoms with Crippen molar-refractivity contribution in [2.75, 3.05) is 24.4 Å². The Morgan fingerprint density at radius 3 is 3.06 bits per heavy atom. The summed E-state index contributed by atoms with van der Waals surface area (Å²) in [5.41, 5.74) is 0.542. The molecule has 0 aliphatic carbocycles. The molecule has 1 aromatic rings. The van der Waals surface area contributed by atoms with Gasteiger partial charge in [-0.05, 0) is 15.9 Å². The van der Waals surface area contributed by atoms with E-state index in [1.807, 2.05) is 23.5 Å². The molecule has 2 heterocycles. The summed E-state index contributed by atoms with van der Waals surface area (Å²) in [6, 6.07) is 0. The Morgan fingerprint density at radius 1 is 1.59 bits per heavy atom. The van der Waals surface area contributed by atoms with Gasteiger partial charge in [-0.15, -0.1) is 11.8 Å². The van der Waals surface area contributed by atoms with Crippen molar-refractivity contribution in [1.82, 2.24) is 9.97 Å². The Labute approximate surface area is 116 Å². The molecular formula is C10H13BrN2O2S2. The van der Waals surface area contributed by atoms with Crippen LogP contribution in [0.15, 0.2) is 9.27 Å². The average molecular weight is 337 g/mol. The number of hydrogen-bond acceptors (Lipinski definition) is 5. The number of rotatable bonds is 3. The van der Waals surface area contributed by atoms with Crippen LogP contribution < -0.4 is 5.56 Å². The molecular weight excluding hydrogens is 324 g/mol. The Hall–Kier alpha value is 0.0200. The van der Waals surface area contributed by atoms with E-state index in [1.165, 1.54) is 5.75 Å². The third-order valence-corrected chi connectivity index (χ3v) is 5.93. The second-order valence-corrected chi connectivity index (χ2v) is 6.83. The number of aromatic nitrogens is 2. The van der Waals surface area contributed by atoms with Crippen LogP contribution in [0, 0.1) is 0 Å². The van der Waals surface area contributed by atoms with E-state index in [0.29, 0.717) is 16.8 Å². The lowest BCUT2D eigenvalue weighted by Crippen LogP contribution is -2.20. The van der Waals surface area contributed by atoms with E-state index in [2.05, 4.69) is 25.9 Å². The van der Waals surface area contributed by atoms with E-state index in [4.69, 9.17) is 4.74 Å². The molecule has 1 aliphatic rings. The van der Waals surface area contributed by atoms with Crippen LogP contribution in [0.1, 0.15) is 16.8 Å². The monoisotopic (exact) mass is 336 g/mol. The molecule has 0 saturated carbocycles. The van der Waals surface area contributed by atoms with Crippen molar-refractivity contribution < 1.29 is 4.74 Å². The van der Waals surface area contributed by atoms with Crippen LogP contribution >= 0.6 is 39.5 Å². The maximum Gasteiger partial charge on any atom is 0.265 e. The van der Waals surface area contributed by atoms with Gasteiger partial charge in [-0.3, -0.25) is 4.79 Å². The molecule has 2 rings (SSSR count). The number of thioether (sulfide) groups is 2. The lowest BCUT2D eigenvalue weighted by molar-refractivity contribution is 0.180. The van der Waals surface area contributed by atoms with Gasteiger partial charge in [0.25, 0.3) is 5.56 Å². The van der Waals surface area contributed by atoms with Gasteiger partial charge in [0.1, 0.15) is 10.3 Å². The molecule has 7 heteroatoms. The number of H-pyrrole nitrogens is 1. The first-order chi connectivity index (χ1) is 8.22. The molecule has 17 heavy (non-hydrogen) atoms. The smallest absolute Gasteiger partial charge is 0.265 e. The number of methoxy groups -OCH3 is 1. The largest absolute Gasteiger partial charge is 0.378 e. The van der Waals surface area contributed by atoms with E-state index >= 15 is 0 Å². The molecule has 94 valence electrons. The Morgan fingerprint density at radius 2 is 2.41 bits per heavy atom. The van der Waals surface area contributed by atoms with Crippen molar-refractivity contribution in [2.45, 2.75) is 11.9 Å². The van der Waals surface area contributed by atoms with E-state index in [0.717, 1.165) is 17.3 Å². The topological polar surface area (TPSA) is 55.0 Å². The normalized spacial score (nSPS) is 20.5. The molecule has 1 atom stereocenters. The number of hydrogen-bond donors (Lipinski definition) is 1. The van der Waals surface area contributed by atoms with Crippen molar-refractivity contribution in [1.29, 1.82) is 0 Å². The van der Waals surface area contributed by atoms with Crippen molar-refractivity contribution in [3.8, 4) is 0 Å². The second-order valence-electron chi connectivity index (χ2n) is 3.58. The van der Waals surface area contributed by atoms with E-state index in [1.54, 1.807) is 7.11 Å². The molecule has 0 amide bonds. The zero-order chi connectivity index (χ0) is 12.3. The fourth-order valence-electron chi connectivity index (χ4n) is 1.56. The van der Waals surface area contributed by atoms with Crippen LogP contribution in [0.4, 0.5) is 0 Å². The summed E-state index contributed by atoms with van der Waals surface area (Å²) in [6.07, 6.45) is 0. The van der Waals surface area contributed by atoms with Crippen LogP contribution in [0.25, 0.3) is 0 Å². The molecule has 0 bridgehead atoms. The van der Waals surface area contributed by atoms with Gasteiger partial charge in [-0.2, -0.15) is 11.8 Å². The average Bonchev–Trinajstić information content (AvgIpc) is 2.36. The van der Waals surface area contributed by atoms with Gasteiger partial charge in [-0.25, -0.2) is 4.98 Å². The fraction of sp³-hybridized carbons (Fsp3) is 0.600. The summed E-state index contributed by atoms with van der Waals surface area (Å²) < 4.78 is 5.52. The predicted octanol–water partition coefficient (Wildman–Crippen LogP) is 2.20. The predicted molar refractivity (Wildman–Crippen MR) is 75.8 cm³/mol. The van der Waals surface area contributed by atoms with E-state index < -0.39 is 0 Å². The van der Waals surface area contributed by atoms with E-state index in [-0.39, 0.29) is 10.8 Å². The summed E-state index contributed by atoms with van der Waals surface area (Å²) in [5, 5.41) is 0.283. The molecule has 0 spiro atoms. The van der Waals surface area contributed by atoms with Crippen LogP contribution in [0.2, 0.25) is 0 Å². The summed E-state index contributed by atoms with van der Waals surface area (Å²) in [4.78, 5) is 19.1. The molecule has 1 N–H and O–H groups in total. The first-order valence-corrected chi connectivity index (χ1v) is 8.19. The molecule has 0 radical (unpaired) electrons. The fourth-order valence-corrected chi connectivity index (χ4v) is 4.48. The van der Waals surface area contributed by atoms with Crippen LogP contribution in [0.5, 0.6) is 0 Å². The Balaban J connectivity index is 2.30. The third kappa shape index (κ3) is 3.27. The third-order valence-electron chi connectivity index (χ3n) is 2.35. The zero-order valence-corrected chi connectivity index (χ0v) is 12.6. The summed E-state index contributed by atoms with van der Waals surface area (Å²) in [5.74, 6) is 4.05. The van der Waals surface area contributed by atoms with Gasteiger partial charge in [0, 0.05) is 24.4 Å². The van der Waals surface area contributed by atoms with Crippen molar-refractivity contribution in [3.05, 3.63) is 26.3 Å². The summed E-state index contributed by atoms with van der Waals surface area (Å²) in [7, 11) is 1.60. The lowest BCUT2D eigenvalue weighted by atomic mass is 10.3. The summed E-state index contributed by atoms with van der Waals surface area (Å²) in [6.45, 7) is 0.349. The highest BCUT2D eigenvalue weighted by Crippen LogP contribution is 2.34. The van der Waals surface area contributed by atoms with Crippen molar-refractivity contribution in [3.63, 3.8) is 0 Å². The summed E-state index contributed by atoms with van der Waals surface area (Å²) >= 11 is 6.99. The number of halogens is 1. The molecule has 1 aliphatic heterocycles. The van der Waals surface area contributed by atoms with Crippen LogP contribution in [0.3, 0.4) is 0 Å². The maximum atomic E-state index is 11.8. The maximum absolute atomic E-state index is 11.8. The van der Waals surface area contributed by atoms with Gasteiger partial charge in [0.2, 0.25) is 0 Å². The first-order valence-electron chi connectivity index (χ1n) is 5.19. The lowest BCUT2D eigenvalue weighted by Gasteiger charge is -2.20. The van der Waals surface area contributed by atoms with Crippen molar-refractivity contribution in [2.24, 2.45) is 0 Å². The van der Waals surface area contributed by atoms with Crippen molar-refractivity contribution >= 4 is 39.5 Å². The highest BCUT2D eigenvalue weighted by molar-refractivity contribution is 9.10. The highest BCUT2D eigenvalue weighted by atomic mass is 79.9. The quantitative estimate of drug-likeness (QED) is 0.916. The minimum Gasteiger partial charge on any atom is -0.378 e. The Kier molecular flexibility index (Phi) is 4.96. The number of nitrogens with zero attached hydrogens (tertiary/aromatic N) is 1. The molecule has 1 saturated heterocycles.